The highest BCUT2D eigenvalue weighted by atomic mass is 35.5. The normalized spacial score (nSPS) is 23.2. The van der Waals surface area contributed by atoms with Crippen LogP contribution in [0.3, 0.4) is 0 Å². The molecule has 2 aliphatic rings. The van der Waals surface area contributed by atoms with Gasteiger partial charge in [-0.1, -0.05) is 29.3 Å². The Labute approximate surface area is 144 Å². The van der Waals surface area contributed by atoms with Gasteiger partial charge in [0.25, 0.3) is 5.91 Å². The number of carbonyl (C=O) groups excluding carboxylic acids is 2. The molecule has 1 fully saturated rings. The molecule has 1 aromatic rings. The third-order valence-corrected chi connectivity index (χ3v) is 4.85. The van der Waals surface area contributed by atoms with E-state index >= 15 is 0 Å². The fraction of sp³-hybridized carbons (Fsp3) is 0.500. The molecule has 1 aromatic carbocycles. The number of likely N-dealkylation sites (tertiary alicyclic amines) is 1. The lowest BCUT2D eigenvalue weighted by Crippen LogP contribution is -2.44. The van der Waals surface area contributed by atoms with Gasteiger partial charge in [-0.3, -0.25) is 4.79 Å². The highest BCUT2D eigenvalue weighted by Gasteiger charge is 2.43. The molecule has 0 radical (unpaired) electrons. The maximum Gasteiger partial charge on any atom is 0.410 e. The summed E-state index contributed by atoms with van der Waals surface area (Å²) in [6, 6.07) is 3.37. The van der Waals surface area contributed by atoms with E-state index in [9.17, 15) is 9.59 Å². The second kappa shape index (κ2) is 5.56. The number of carbonyl (C=O) groups is 2. The molecule has 23 heavy (non-hydrogen) atoms. The van der Waals surface area contributed by atoms with Crippen molar-refractivity contribution in [2.45, 2.75) is 38.3 Å². The Bertz CT molecular complexity index is 685. The Morgan fingerprint density at radius 1 is 1.30 bits per heavy atom. The molecule has 2 aliphatic heterocycles. The Hall–Kier alpha value is -1.46. The monoisotopic (exact) mass is 356 g/mol. The van der Waals surface area contributed by atoms with Crippen molar-refractivity contribution < 1.29 is 14.3 Å². The van der Waals surface area contributed by atoms with Crippen molar-refractivity contribution in [3.63, 3.8) is 0 Å². The van der Waals surface area contributed by atoms with Gasteiger partial charge in [-0.15, -0.1) is 0 Å². The zero-order chi connectivity index (χ0) is 16.9. The van der Waals surface area contributed by atoms with Crippen LogP contribution >= 0.6 is 23.2 Å². The summed E-state index contributed by atoms with van der Waals surface area (Å²) < 4.78 is 5.41. The van der Waals surface area contributed by atoms with E-state index < -0.39 is 5.60 Å². The van der Waals surface area contributed by atoms with Crippen molar-refractivity contribution in [3.8, 4) is 0 Å². The number of benzene rings is 1. The minimum absolute atomic E-state index is 0.00927. The average Bonchev–Trinajstić information content (AvgIpc) is 2.84. The van der Waals surface area contributed by atoms with E-state index in [4.69, 9.17) is 27.9 Å². The fourth-order valence-corrected chi connectivity index (χ4v) is 3.50. The van der Waals surface area contributed by atoms with Gasteiger partial charge >= 0.3 is 6.09 Å². The summed E-state index contributed by atoms with van der Waals surface area (Å²) in [5.41, 5.74) is 0.689. The van der Waals surface area contributed by atoms with Crippen molar-refractivity contribution in [3.05, 3.63) is 33.3 Å². The van der Waals surface area contributed by atoms with Crippen LogP contribution in [0.2, 0.25) is 10.0 Å². The minimum atomic E-state index is -0.553. The Morgan fingerprint density at radius 3 is 2.65 bits per heavy atom. The number of halogens is 2. The summed E-state index contributed by atoms with van der Waals surface area (Å²) in [4.78, 5) is 26.2. The summed E-state index contributed by atoms with van der Waals surface area (Å²) in [5, 5.41) is 3.53. The second-order valence-electron chi connectivity index (χ2n) is 6.90. The van der Waals surface area contributed by atoms with E-state index in [1.165, 1.54) is 0 Å². The minimum Gasteiger partial charge on any atom is -0.444 e. The first-order valence-corrected chi connectivity index (χ1v) is 8.19. The molecule has 3 rings (SSSR count). The Balaban J connectivity index is 1.88. The number of nitrogens with one attached hydrogen (secondary N) is 1. The first-order valence-electron chi connectivity index (χ1n) is 7.44. The van der Waals surface area contributed by atoms with Crippen LogP contribution in [0.15, 0.2) is 12.1 Å². The molecule has 0 saturated carbocycles. The van der Waals surface area contributed by atoms with E-state index in [0.29, 0.717) is 23.7 Å². The molecule has 0 aliphatic carbocycles. The van der Waals surface area contributed by atoms with Gasteiger partial charge in [0.05, 0.1) is 21.7 Å². The zero-order valence-electron chi connectivity index (χ0n) is 13.2. The van der Waals surface area contributed by atoms with Crippen molar-refractivity contribution >= 4 is 35.2 Å². The first kappa shape index (κ1) is 16.4. The molecule has 124 valence electrons. The van der Waals surface area contributed by atoms with Gasteiger partial charge in [0, 0.05) is 19.0 Å². The second-order valence-corrected chi connectivity index (χ2v) is 7.68. The van der Waals surface area contributed by atoms with Gasteiger partial charge in [-0.25, -0.2) is 4.79 Å². The number of nitrogens with zero attached hydrogens (tertiary/aromatic N) is 1. The summed E-state index contributed by atoms with van der Waals surface area (Å²) in [5.74, 6) is -0.259. The highest BCUT2D eigenvalue weighted by Crippen LogP contribution is 2.39. The van der Waals surface area contributed by atoms with Gasteiger partial charge in [-0.05, 0) is 32.4 Å². The lowest BCUT2D eigenvalue weighted by Gasteiger charge is -2.28. The molecule has 0 aromatic heterocycles. The number of amides is 2. The van der Waals surface area contributed by atoms with Crippen LogP contribution in [0, 0.1) is 0 Å². The molecule has 0 bridgehead atoms. The summed E-state index contributed by atoms with van der Waals surface area (Å²) in [6.45, 7) is 6.38. The van der Waals surface area contributed by atoms with Gasteiger partial charge < -0.3 is 15.0 Å². The molecule has 7 heteroatoms. The van der Waals surface area contributed by atoms with E-state index in [-0.39, 0.29) is 29.0 Å². The van der Waals surface area contributed by atoms with E-state index in [2.05, 4.69) is 5.32 Å². The maximum absolute atomic E-state index is 12.3. The van der Waals surface area contributed by atoms with Crippen molar-refractivity contribution in [1.29, 1.82) is 0 Å². The number of ether oxygens (including phenoxy) is 1. The standard InChI is InChI=1S/C16H18Cl2N2O3/c1-16(2,3)23-15(22)20-6-9-8-4-5-10(17)13(18)12(8)14(21)19-11(9)7-20/h4-5,9,11H,6-7H2,1-3H3,(H,19,21). The third-order valence-electron chi connectivity index (χ3n) is 4.04. The maximum atomic E-state index is 12.3. The smallest absolute Gasteiger partial charge is 0.410 e. The fourth-order valence-electron chi connectivity index (χ4n) is 3.09. The van der Waals surface area contributed by atoms with Crippen molar-refractivity contribution in [2.75, 3.05) is 13.1 Å². The van der Waals surface area contributed by atoms with Gasteiger partial charge in [0.15, 0.2) is 0 Å². The predicted molar refractivity (Wildman–Crippen MR) is 88.3 cm³/mol. The summed E-state index contributed by atoms with van der Waals surface area (Å²) in [7, 11) is 0. The Kier molecular flexibility index (Phi) is 3.97. The van der Waals surface area contributed by atoms with Crippen LogP contribution in [-0.2, 0) is 4.74 Å². The number of hydrogen-bond acceptors (Lipinski definition) is 3. The van der Waals surface area contributed by atoms with Crippen LogP contribution in [-0.4, -0.2) is 41.6 Å². The molecule has 1 N–H and O–H groups in total. The lowest BCUT2D eigenvalue weighted by molar-refractivity contribution is 0.0288. The molecule has 5 nitrogen and oxygen atoms in total. The number of hydrogen-bond donors (Lipinski definition) is 1. The number of rotatable bonds is 0. The molecule has 2 amide bonds. The van der Waals surface area contributed by atoms with Gasteiger partial charge in [0.1, 0.15) is 5.60 Å². The average molecular weight is 357 g/mol. The molecule has 2 unspecified atom stereocenters. The van der Waals surface area contributed by atoms with E-state index in [0.717, 1.165) is 5.56 Å². The quantitative estimate of drug-likeness (QED) is 0.774. The molecule has 2 heterocycles. The van der Waals surface area contributed by atoms with Crippen LogP contribution in [0.1, 0.15) is 42.6 Å². The Morgan fingerprint density at radius 2 is 2.00 bits per heavy atom. The zero-order valence-corrected chi connectivity index (χ0v) is 14.7. The molecule has 0 spiro atoms. The van der Waals surface area contributed by atoms with E-state index in [1.807, 2.05) is 26.8 Å². The van der Waals surface area contributed by atoms with Gasteiger partial charge in [0.2, 0.25) is 0 Å². The van der Waals surface area contributed by atoms with Crippen LogP contribution in [0.4, 0.5) is 4.79 Å². The SMILES string of the molecule is CC(C)(C)OC(=O)N1CC2NC(=O)c3c(ccc(Cl)c3Cl)C2C1. The highest BCUT2D eigenvalue weighted by molar-refractivity contribution is 6.44. The van der Waals surface area contributed by atoms with Crippen molar-refractivity contribution in [1.82, 2.24) is 10.2 Å². The predicted octanol–water partition coefficient (Wildman–Crippen LogP) is 3.44. The van der Waals surface area contributed by atoms with Crippen molar-refractivity contribution in [2.24, 2.45) is 0 Å². The van der Waals surface area contributed by atoms with Crippen LogP contribution < -0.4 is 5.32 Å². The summed E-state index contributed by atoms with van der Waals surface area (Å²) >= 11 is 12.2. The third kappa shape index (κ3) is 3.00. The largest absolute Gasteiger partial charge is 0.444 e. The topological polar surface area (TPSA) is 58.6 Å². The van der Waals surface area contributed by atoms with Crippen LogP contribution in [0.25, 0.3) is 0 Å². The van der Waals surface area contributed by atoms with Crippen LogP contribution in [0.5, 0.6) is 0 Å². The molecular weight excluding hydrogens is 339 g/mol. The molecule has 1 saturated heterocycles. The molecule has 2 atom stereocenters. The number of fused-ring (bicyclic) bond motifs is 3. The molecular formula is C16H18Cl2N2O3. The van der Waals surface area contributed by atoms with E-state index in [1.54, 1.807) is 11.0 Å². The summed E-state index contributed by atoms with van der Waals surface area (Å²) in [6.07, 6.45) is -0.372. The lowest BCUT2D eigenvalue weighted by atomic mass is 9.86. The first-order chi connectivity index (χ1) is 10.7. The van der Waals surface area contributed by atoms with Gasteiger partial charge in [-0.2, -0.15) is 0 Å².